The van der Waals surface area contributed by atoms with Gasteiger partial charge in [0.05, 0.1) is 25.6 Å². The summed E-state index contributed by atoms with van der Waals surface area (Å²) in [6, 6.07) is 17.2. The average Bonchev–Trinajstić information content (AvgIpc) is 3.42. The van der Waals surface area contributed by atoms with E-state index in [-0.39, 0.29) is 11.9 Å². The van der Waals surface area contributed by atoms with Crippen LogP contribution in [0, 0.1) is 0 Å². The predicted molar refractivity (Wildman–Crippen MR) is 103 cm³/mol. The Morgan fingerprint density at radius 2 is 1.59 bits per heavy atom. The molecule has 1 fully saturated rings. The normalized spacial score (nSPS) is 13.3. The maximum atomic E-state index is 12.7. The van der Waals surface area contributed by atoms with Gasteiger partial charge in [-0.2, -0.15) is 5.10 Å². The molecule has 1 aromatic heterocycles. The molecule has 1 N–H and O–H groups in total. The van der Waals surface area contributed by atoms with Gasteiger partial charge in [0.15, 0.2) is 0 Å². The van der Waals surface area contributed by atoms with Gasteiger partial charge in [-0.05, 0) is 67.4 Å². The van der Waals surface area contributed by atoms with Crippen LogP contribution in [0.25, 0.3) is 16.9 Å². The van der Waals surface area contributed by atoms with Crippen LogP contribution in [0.4, 0.5) is 0 Å². The maximum absolute atomic E-state index is 12.7. The van der Waals surface area contributed by atoms with Gasteiger partial charge >= 0.3 is 0 Å². The summed E-state index contributed by atoms with van der Waals surface area (Å²) >= 11 is 0. The van der Waals surface area contributed by atoms with E-state index in [4.69, 9.17) is 9.47 Å². The fourth-order valence-corrected chi connectivity index (χ4v) is 2.85. The third kappa shape index (κ3) is 3.65. The lowest BCUT2D eigenvalue weighted by Gasteiger charge is -2.08. The van der Waals surface area contributed by atoms with Gasteiger partial charge in [0.2, 0.25) is 0 Å². The molecule has 0 spiro atoms. The Morgan fingerprint density at radius 1 is 1.00 bits per heavy atom. The van der Waals surface area contributed by atoms with Crippen LogP contribution in [-0.4, -0.2) is 35.9 Å². The van der Waals surface area contributed by atoms with Crippen LogP contribution < -0.4 is 14.8 Å². The van der Waals surface area contributed by atoms with Crippen molar-refractivity contribution in [2.24, 2.45) is 0 Å². The highest BCUT2D eigenvalue weighted by molar-refractivity contribution is 5.94. The van der Waals surface area contributed by atoms with Gasteiger partial charge in [-0.25, -0.2) is 4.68 Å². The second kappa shape index (κ2) is 7.15. The van der Waals surface area contributed by atoms with E-state index in [1.165, 1.54) is 0 Å². The lowest BCUT2D eigenvalue weighted by atomic mass is 10.1. The van der Waals surface area contributed by atoms with E-state index >= 15 is 0 Å². The summed E-state index contributed by atoms with van der Waals surface area (Å²) in [6.45, 7) is 0. The topological polar surface area (TPSA) is 65.4 Å². The molecule has 4 rings (SSSR count). The zero-order valence-electron chi connectivity index (χ0n) is 15.3. The van der Waals surface area contributed by atoms with E-state index in [1.807, 2.05) is 54.6 Å². The minimum Gasteiger partial charge on any atom is -0.497 e. The molecule has 2 aromatic carbocycles. The highest BCUT2D eigenvalue weighted by Gasteiger charge is 2.26. The monoisotopic (exact) mass is 363 g/mol. The van der Waals surface area contributed by atoms with E-state index < -0.39 is 0 Å². The largest absolute Gasteiger partial charge is 0.497 e. The summed E-state index contributed by atoms with van der Waals surface area (Å²) in [7, 11) is 3.26. The molecule has 0 unspecified atom stereocenters. The smallest absolute Gasteiger partial charge is 0.270 e. The third-order valence-electron chi connectivity index (χ3n) is 4.56. The Hall–Kier alpha value is -3.28. The zero-order valence-corrected chi connectivity index (χ0v) is 15.3. The second-order valence-corrected chi connectivity index (χ2v) is 6.50. The van der Waals surface area contributed by atoms with Crippen LogP contribution >= 0.6 is 0 Å². The van der Waals surface area contributed by atoms with Crippen LogP contribution in [0.5, 0.6) is 11.5 Å². The number of ether oxygens (including phenoxy) is 2. The Balaban J connectivity index is 1.74. The van der Waals surface area contributed by atoms with E-state index in [0.29, 0.717) is 5.69 Å². The molecule has 6 nitrogen and oxygen atoms in total. The molecule has 1 amide bonds. The first-order chi connectivity index (χ1) is 13.2. The quantitative estimate of drug-likeness (QED) is 0.728. The Kier molecular flexibility index (Phi) is 4.54. The van der Waals surface area contributed by atoms with Crippen molar-refractivity contribution in [2.45, 2.75) is 18.9 Å². The van der Waals surface area contributed by atoms with Crippen molar-refractivity contribution in [1.82, 2.24) is 15.1 Å². The van der Waals surface area contributed by atoms with Crippen molar-refractivity contribution < 1.29 is 14.3 Å². The summed E-state index contributed by atoms with van der Waals surface area (Å²) in [5, 5.41) is 7.73. The zero-order chi connectivity index (χ0) is 18.8. The molecule has 3 aromatic rings. The summed E-state index contributed by atoms with van der Waals surface area (Å²) < 4.78 is 12.1. The van der Waals surface area contributed by atoms with Crippen molar-refractivity contribution in [1.29, 1.82) is 0 Å². The number of hydrogen-bond donors (Lipinski definition) is 1. The van der Waals surface area contributed by atoms with Crippen molar-refractivity contribution in [3.05, 3.63) is 60.3 Å². The molecule has 0 bridgehead atoms. The number of nitrogens with one attached hydrogen (secondary N) is 1. The molecular formula is C21H21N3O3. The summed E-state index contributed by atoms with van der Waals surface area (Å²) in [6.07, 6.45) is 2.07. The molecule has 1 aliphatic rings. The van der Waals surface area contributed by atoms with Crippen molar-refractivity contribution in [3.8, 4) is 28.4 Å². The van der Waals surface area contributed by atoms with Crippen molar-refractivity contribution in [2.75, 3.05) is 14.2 Å². The number of hydrogen-bond acceptors (Lipinski definition) is 4. The number of carbonyl (C=O) groups excluding carboxylic acids is 1. The molecule has 0 radical (unpaired) electrons. The SMILES string of the molecule is COc1ccc(-c2cc(C(=O)NC3CC3)n(-c3ccc(OC)cc3)n2)cc1. The minimum absolute atomic E-state index is 0.111. The molecule has 6 heteroatoms. The first-order valence-corrected chi connectivity index (χ1v) is 8.87. The van der Waals surface area contributed by atoms with Gasteiger partial charge in [0.1, 0.15) is 17.2 Å². The minimum atomic E-state index is -0.111. The number of benzene rings is 2. The van der Waals surface area contributed by atoms with Crippen LogP contribution in [0.15, 0.2) is 54.6 Å². The van der Waals surface area contributed by atoms with Crippen molar-refractivity contribution in [3.63, 3.8) is 0 Å². The number of nitrogens with zero attached hydrogens (tertiary/aromatic N) is 2. The highest BCUT2D eigenvalue weighted by atomic mass is 16.5. The summed E-state index contributed by atoms with van der Waals surface area (Å²) in [5.41, 5.74) is 2.97. The van der Waals surface area contributed by atoms with Crippen LogP contribution in [0.1, 0.15) is 23.3 Å². The van der Waals surface area contributed by atoms with Crippen LogP contribution in [0.2, 0.25) is 0 Å². The molecule has 0 saturated heterocycles. The second-order valence-electron chi connectivity index (χ2n) is 6.50. The van der Waals surface area contributed by atoms with E-state index in [0.717, 1.165) is 41.3 Å². The lowest BCUT2D eigenvalue weighted by molar-refractivity contribution is 0.0943. The summed E-state index contributed by atoms with van der Waals surface area (Å²) in [5.74, 6) is 1.42. The molecule has 1 saturated carbocycles. The molecule has 1 heterocycles. The van der Waals surface area contributed by atoms with Crippen LogP contribution in [-0.2, 0) is 0 Å². The van der Waals surface area contributed by atoms with Gasteiger partial charge in [-0.3, -0.25) is 4.79 Å². The van der Waals surface area contributed by atoms with Gasteiger partial charge < -0.3 is 14.8 Å². The standard InChI is InChI=1S/C21H21N3O3/c1-26-17-9-3-14(4-10-17)19-13-20(21(25)22-15-5-6-15)24(23-19)16-7-11-18(27-2)12-8-16/h3-4,7-13,15H,5-6H2,1-2H3,(H,22,25). The molecule has 0 aliphatic heterocycles. The number of amides is 1. The number of rotatable bonds is 6. The fourth-order valence-electron chi connectivity index (χ4n) is 2.85. The maximum Gasteiger partial charge on any atom is 0.270 e. The van der Waals surface area contributed by atoms with E-state index in [1.54, 1.807) is 18.9 Å². The van der Waals surface area contributed by atoms with Gasteiger partial charge in [-0.1, -0.05) is 0 Å². The van der Waals surface area contributed by atoms with Gasteiger partial charge in [0, 0.05) is 11.6 Å². The molecule has 1 aliphatic carbocycles. The molecule has 138 valence electrons. The number of aromatic nitrogens is 2. The Morgan fingerprint density at radius 3 is 2.15 bits per heavy atom. The van der Waals surface area contributed by atoms with E-state index in [9.17, 15) is 4.79 Å². The fraction of sp³-hybridized carbons (Fsp3) is 0.238. The van der Waals surface area contributed by atoms with E-state index in [2.05, 4.69) is 10.4 Å². The molecular weight excluding hydrogens is 342 g/mol. The average molecular weight is 363 g/mol. The molecule has 27 heavy (non-hydrogen) atoms. The predicted octanol–water partition coefficient (Wildman–Crippen LogP) is 3.45. The highest BCUT2D eigenvalue weighted by Crippen LogP contribution is 2.26. The number of methoxy groups -OCH3 is 2. The Labute approximate surface area is 157 Å². The Bertz CT molecular complexity index is 942. The van der Waals surface area contributed by atoms with Crippen LogP contribution in [0.3, 0.4) is 0 Å². The number of carbonyl (C=O) groups is 1. The first-order valence-electron chi connectivity index (χ1n) is 8.87. The summed E-state index contributed by atoms with van der Waals surface area (Å²) in [4.78, 5) is 12.7. The first kappa shape index (κ1) is 17.1. The van der Waals surface area contributed by atoms with Gasteiger partial charge in [0.25, 0.3) is 5.91 Å². The van der Waals surface area contributed by atoms with Crippen molar-refractivity contribution >= 4 is 5.91 Å². The van der Waals surface area contributed by atoms with Gasteiger partial charge in [-0.15, -0.1) is 0 Å². The third-order valence-corrected chi connectivity index (χ3v) is 4.56. The lowest BCUT2D eigenvalue weighted by Crippen LogP contribution is -2.27. The molecule has 0 atom stereocenters.